The first kappa shape index (κ1) is 14.4. The molecular formula is C13H12ClN3O3. The van der Waals surface area contributed by atoms with Gasteiger partial charge in [-0.1, -0.05) is 23.7 Å². The van der Waals surface area contributed by atoms with Crippen LogP contribution in [0.4, 0.5) is 5.69 Å². The lowest BCUT2D eigenvalue weighted by Crippen LogP contribution is -2.01. The van der Waals surface area contributed by atoms with Crippen LogP contribution < -0.4 is 0 Å². The van der Waals surface area contributed by atoms with Crippen molar-refractivity contribution in [3.63, 3.8) is 0 Å². The Morgan fingerprint density at radius 3 is 2.85 bits per heavy atom. The molecule has 2 aromatic rings. The summed E-state index contributed by atoms with van der Waals surface area (Å²) >= 11 is 5.94. The molecule has 2 rings (SSSR count). The van der Waals surface area contributed by atoms with Crippen LogP contribution in [0.25, 0.3) is 11.3 Å². The molecular weight excluding hydrogens is 282 g/mol. The Bertz CT molecular complexity index is 634. The molecule has 0 bridgehead atoms. The fourth-order valence-corrected chi connectivity index (χ4v) is 1.85. The molecule has 0 N–H and O–H groups in total. The van der Waals surface area contributed by atoms with E-state index in [1.807, 2.05) is 6.92 Å². The third kappa shape index (κ3) is 3.49. The van der Waals surface area contributed by atoms with Crippen LogP contribution in [0.1, 0.15) is 12.7 Å². The van der Waals surface area contributed by atoms with E-state index in [0.717, 1.165) is 0 Å². The number of halogens is 1. The molecule has 0 atom stereocenters. The largest absolute Gasteiger partial charge is 0.374 e. The monoisotopic (exact) mass is 293 g/mol. The van der Waals surface area contributed by atoms with Crippen molar-refractivity contribution in [1.82, 2.24) is 9.97 Å². The molecule has 6 nitrogen and oxygen atoms in total. The maximum absolute atomic E-state index is 10.8. The summed E-state index contributed by atoms with van der Waals surface area (Å²) in [5.74, 6) is 0.445. The average molecular weight is 294 g/mol. The molecule has 1 aromatic carbocycles. The first-order valence-electron chi connectivity index (χ1n) is 5.96. The average Bonchev–Trinajstić information content (AvgIpc) is 2.44. The van der Waals surface area contributed by atoms with Crippen molar-refractivity contribution in [2.45, 2.75) is 13.5 Å². The summed E-state index contributed by atoms with van der Waals surface area (Å²) in [6, 6.07) is 7.77. The summed E-state index contributed by atoms with van der Waals surface area (Å²) < 4.78 is 5.24. The first-order chi connectivity index (χ1) is 9.60. The third-order valence-corrected chi connectivity index (χ3v) is 2.72. The lowest BCUT2D eigenvalue weighted by Gasteiger charge is -2.05. The van der Waals surface area contributed by atoms with Crippen LogP contribution in [-0.4, -0.2) is 21.5 Å². The number of hydrogen-bond donors (Lipinski definition) is 0. The molecule has 0 unspecified atom stereocenters. The van der Waals surface area contributed by atoms with Crippen LogP contribution in [0.2, 0.25) is 5.15 Å². The van der Waals surface area contributed by atoms with Crippen LogP contribution in [0.3, 0.4) is 0 Å². The number of hydrogen-bond acceptors (Lipinski definition) is 5. The van der Waals surface area contributed by atoms with Gasteiger partial charge < -0.3 is 4.74 Å². The van der Waals surface area contributed by atoms with Gasteiger partial charge in [0.15, 0.2) is 5.82 Å². The van der Waals surface area contributed by atoms with Crippen molar-refractivity contribution in [2.24, 2.45) is 0 Å². The van der Waals surface area contributed by atoms with Gasteiger partial charge in [0.2, 0.25) is 0 Å². The van der Waals surface area contributed by atoms with E-state index in [-0.39, 0.29) is 17.4 Å². The Hall–Kier alpha value is -2.05. The highest BCUT2D eigenvalue weighted by Gasteiger charge is 2.10. The van der Waals surface area contributed by atoms with Gasteiger partial charge in [0, 0.05) is 30.4 Å². The summed E-state index contributed by atoms with van der Waals surface area (Å²) in [4.78, 5) is 18.7. The molecule has 0 aliphatic heterocycles. The van der Waals surface area contributed by atoms with E-state index >= 15 is 0 Å². The van der Waals surface area contributed by atoms with E-state index in [9.17, 15) is 10.1 Å². The Morgan fingerprint density at radius 2 is 2.15 bits per heavy atom. The predicted octanol–water partition coefficient (Wildman–Crippen LogP) is 3.24. The second-order valence-corrected chi connectivity index (χ2v) is 4.32. The van der Waals surface area contributed by atoms with Crippen molar-refractivity contribution in [3.8, 4) is 11.3 Å². The molecule has 1 aromatic heterocycles. The van der Waals surface area contributed by atoms with Crippen LogP contribution in [0.15, 0.2) is 30.3 Å². The van der Waals surface area contributed by atoms with Gasteiger partial charge in [0.1, 0.15) is 11.8 Å². The smallest absolute Gasteiger partial charge is 0.270 e. The quantitative estimate of drug-likeness (QED) is 0.480. The maximum atomic E-state index is 10.8. The number of non-ortho nitro benzene ring substituents is 1. The molecule has 0 spiro atoms. The van der Waals surface area contributed by atoms with Gasteiger partial charge in [0.25, 0.3) is 5.69 Å². The molecule has 0 aliphatic carbocycles. The van der Waals surface area contributed by atoms with Crippen LogP contribution in [-0.2, 0) is 11.3 Å². The highest BCUT2D eigenvalue weighted by atomic mass is 35.5. The summed E-state index contributed by atoms with van der Waals surface area (Å²) in [6.07, 6.45) is 0. The van der Waals surface area contributed by atoms with E-state index in [2.05, 4.69) is 9.97 Å². The zero-order valence-electron chi connectivity index (χ0n) is 10.7. The van der Waals surface area contributed by atoms with Gasteiger partial charge in [0.05, 0.1) is 10.6 Å². The zero-order chi connectivity index (χ0) is 14.5. The fourth-order valence-electron chi connectivity index (χ4n) is 1.65. The minimum Gasteiger partial charge on any atom is -0.374 e. The van der Waals surface area contributed by atoms with Crippen LogP contribution in [0, 0.1) is 10.1 Å². The van der Waals surface area contributed by atoms with Gasteiger partial charge >= 0.3 is 0 Å². The number of nitro benzene ring substituents is 1. The normalized spacial score (nSPS) is 10.5. The molecule has 0 aliphatic rings. The van der Waals surface area contributed by atoms with E-state index < -0.39 is 4.92 Å². The number of rotatable bonds is 5. The molecule has 0 amide bonds. The van der Waals surface area contributed by atoms with E-state index in [4.69, 9.17) is 16.3 Å². The standard InChI is InChI=1S/C13H12ClN3O3/c1-2-20-8-13-15-11(7-12(14)16-13)9-4-3-5-10(6-9)17(18)19/h3-7H,2,8H2,1H3. The number of aromatic nitrogens is 2. The molecule has 0 saturated heterocycles. The highest BCUT2D eigenvalue weighted by Crippen LogP contribution is 2.24. The summed E-state index contributed by atoms with van der Waals surface area (Å²) in [5, 5.41) is 11.1. The molecule has 20 heavy (non-hydrogen) atoms. The van der Waals surface area contributed by atoms with Gasteiger partial charge in [-0.25, -0.2) is 9.97 Å². The first-order valence-corrected chi connectivity index (χ1v) is 6.34. The number of nitrogens with zero attached hydrogens (tertiary/aromatic N) is 3. The number of nitro groups is 1. The third-order valence-electron chi connectivity index (χ3n) is 2.53. The Balaban J connectivity index is 2.38. The lowest BCUT2D eigenvalue weighted by molar-refractivity contribution is -0.384. The van der Waals surface area contributed by atoms with Gasteiger partial charge in [-0.2, -0.15) is 0 Å². The second-order valence-electron chi connectivity index (χ2n) is 3.94. The van der Waals surface area contributed by atoms with Crippen molar-refractivity contribution < 1.29 is 9.66 Å². The van der Waals surface area contributed by atoms with Crippen molar-refractivity contribution in [3.05, 3.63) is 51.4 Å². The minimum absolute atomic E-state index is 0.00333. The highest BCUT2D eigenvalue weighted by molar-refractivity contribution is 6.29. The molecule has 1 heterocycles. The van der Waals surface area contributed by atoms with Gasteiger partial charge in [-0.3, -0.25) is 10.1 Å². The Labute approximate surface area is 120 Å². The van der Waals surface area contributed by atoms with Crippen molar-refractivity contribution >= 4 is 17.3 Å². The summed E-state index contributed by atoms with van der Waals surface area (Å²) in [7, 11) is 0. The topological polar surface area (TPSA) is 78.2 Å². The minimum atomic E-state index is -0.451. The van der Waals surface area contributed by atoms with Crippen LogP contribution >= 0.6 is 11.6 Å². The lowest BCUT2D eigenvalue weighted by atomic mass is 10.1. The molecule has 0 saturated carbocycles. The van der Waals surface area contributed by atoms with E-state index in [1.54, 1.807) is 18.2 Å². The summed E-state index contributed by atoms with van der Waals surface area (Å²) in [5.41, 5.74) is 1.15. The van der Waals surface area contributed by atoms with Crippen molar-refractivity contribution in [1.29, 1.82) is 0 Å². The van der Waals surface area contributed by atoms with E-state index in [0.29, 0.717) is 23.7 Å². The van der Waals surface area contributed by atoms with Gasteiger partial charge in [-0.05, 0) is 6.92 Å². The number of benzene rings is 1. The predicted molar refractivity (Wildman–Crippen MR) is 74.5 cm³/mol. The second kappa shape index (κ2) is 6.40. The zero-order valence-corrected chi connectivity index (χ0v) is 11.5. The molecule has 0 fully saturated rings. The maximum Gasteiger partial charge on any atom is 0.270 e. The molecule has 0 radical (unpaired) electrons. The Morgan fingerprint density at radius 1 is 1.35 bits per heavy atom. The molecule has 7 heteroatoms. The van der Waals surface area contributed by atoms with Crippen molar-refractivity contribution in [2.75, 3.05) is 6.61 Å². The van der Waals surface area contributed by atoms with Crippen LogP contribution in [0.5, 0.6) is 0 Å². The summed E-state index contributed by atoms with van der Waals surface area (Å²) in [6.45, 7) is 2.66. The van der Waals surface area contributed by atoms with Gasteiger partial charge in [-0.15, -0.1) is 0 Å². The SMILES string of the molecule is CCOCc1nc(Cl)cc(-c2cccc([N+](=O)[O-])c2)n1. The Kier molecular flexibility index (Phi) is 4.60. The van der Waals surface area contributed by atoms with E-state index in [1.165, 1.54) is 12.1 Å². The fraction of sp³-hybridized carbons (Fsp3) is 0.231. The molecule has 104 valence electrons. The number of ether oxygens (including phenoxy) is 1.